The van der Waals surface area contributed by atoms with Crippen LogP contribution in [0.4, 0.5) is 27.6 Å². The van der Waals surface area contributed by atoms with Gasteiger partial charge in [-0.2, -0.15) is 13.2 Å². The molecule has 5 aromatic rings. The number of fused-ring (bicyclic) bond motifs is 1. The van der Waals surface area contributed by atoms with Crippen molar-refractivity contribution in [1.29, 1.82) is 0 Å². The van der Waals surface area contributed by atoms with Crippen molar-refractivity contribution in [3.05, 3.63) is 107 Å². The minimum absolute atomic E-state index is 0.0520. The molecule has 6 rings (SSSR count). The van der Waals surface area contributed by atoms with Crippen LogP contribution in [-0.2, 0) is 13.6 Å². The lowest BCUT2D eigenvalue weighted by Gasteiger charge is -2.40. The minimum atomic E-state index is -2.88. The van der Waals surface area contributed by atoms with E-state index in [9.17, 15) is 31.5 Å². The van der Waals surface area contributed by atoms with Crippen LogP contribution >= 0.6 is 0 Å². The second kappa shape index (κ2) is 14.6. The van der Waals surface area contributed by atoms with E-state index in [1.54, 1.807) is 35.9 Å². The average Bonchev–Trinajstić information content (AvgIpc) is 3.43. The minimum Gasteiger partial charge on any atom is -0.491 e. The summed E-state index contributed by atoms with van der Waals surface area (Å²) in [6.45, 7) is 1.42. The summed E-state index contributed by atoms with van der Waals surface area (Å²) in [5, 5.41) is 3.16. The highest BCUT2D eigenvalue weighted by Gasteiger charge is 2.29. The molecule has 0 bridgehead atoms. The molecule has 1 fully saturated rings. The maximum Gasteiger partial charge on any atom is 0.387 e. The number of ether oxygens (including phenoxy) is 3. The molecule has 0 saturated carbocycles. The Morgan fingerprint density at radius 3 is 2.37 bits per heavy atom. The molecule has 2 aromatic heterocycles. The maximum atomic E-state index is 14.3. The third-order valence-electron chi connectivity index (χ3n) is 8.60. The monoisotopic (exact) mass is 709 g/mol. The van der Waals surface area contributed by atoms with E-state index < -0.39 is 41.3 Å². The number of methoxy groups -OCH3 is 1. The number of aryl methyl sites for hydroxylation is 1. The van der Waals surface area contributed by atoms with Crippen molar-refractivity contribution < 1.29 is 45.8 Å². The first kappa shape index (κ1) is 35.1. The molecule has 0 aliphatic carbocycles. The van der Waals surface area contributed by atoms with Crippen LogP contribution in [0.3, 0.4) is 0 Å². The van der Waals surface area contributed by atoms with Crippen molar-refractivity contribution in [2.45, 2.75) is 26.1 Å². The van der Waals surface area contributed by atoms with Gasteiger partial charge in [-0.1, -0.05) is 12.1 Å². The summed E-state index contributed by atoms with van der Waals surface area (Å²) >= 11 is 0. The number of carbonyl (C=O) groups is 2. The van der Waals surface area contributed by atoms with Gasteiger partial charge in [0.15, 0.2) is 17.4 Å². The predicted molar refractivity (Wildman–Crippen MR) is 177 cm³/mol. The van der Waals surface area contributed by atoms with E-state index >= 15 is 0 Å². The fourth-order valence-corrected chi connectivity index (χ4v) is 5.93. The van der Waals surface area contributed by atoms with E-state index in [1.165, 1.54) is 30.5 Å². The van der Waals surface area contributed by atoms with Crippen molar-refractivity contribution in [2.75, 3.05) is 32.1 Å². The molecule has 2 amide bonds. The van der Waals surface area contributed by atoms with Crippen molar-refractivity contribution >= 4 is 28.4 Å². The van der Waals surface area contributed by atoms with E-state index in [2.05, 4.69) is 24.7 Å². The van der Waals surface area contributed by atoms with Gasteiger partial charge in [-0.05, 0) is 55.0 Å². The van der Waals surface area contributed by atoms with Gasteiger partial charge in [-0.3, -0.25) is 14.5 Å². The summed E-state index contributed by atoms with van der Waals surface area (Å²) in [5.74, 6) is -5.85. The molecule has 3 heterocycles. The van der Waals surface area contributed by atoms with Gasteiger partial charge in [0.05, 0.1) is 30.1 Å². The molecule has 15 heteroatoms. The number of hydrogen-bond acceptors (Lipinski definition) is 7. The largest absolute Gasteiger partial charge is 0.491 e. The molecule has 1 aliphatic rings. The Bertz CT molecular complexity index is 2070. The number of carbonyl (C=O) groups excluding carboxylic acids is 2. The van der Waals surface area contributed by atoms with Crippen LogP contribution in [0, 0.1) is 17.5 Å². The highest BCUT2D eigenvalue weighted by molar-refractivity contribution is 6.04. The maximum absolute atomic E-state index is 14.3. The molecule has 0 spiro atoms. The molecule has 1 aliphatic heterocycles. The van der Waals surface area contributed by atoms with Gasteiger partial charge in [0.25, 0.3) is 11.8 Å². The quantitative estimate of drug-likeness (QED) is 0.123. The van der Waals surface area contributed by atoms with Crippen LogP contribution < -0.4 is 19.5 Å². The van der Waals surface area contributed by atoms with Gasteiger partial charge in [-0.15, -0.1) is 0 Å². The number of amides is 2. The van der Waals surface area contributed by atoms with Crippen LogP contribution in [0.1, 0.15) is 33.3 Å². The molecular formula is C36H32F5N5O5. The Hall–Kier alpha value is -5.70. The first-order valence-electron chi connectivity index (χ1n) is 15.7. The smallest absolute Gasteiger partial charge is 0.387 e. The zero-order valence-electron chi connectivity index (χ0n) is 27.6. The van der Waals surface area contributed by atoms with Crippen LogP contribution in [0.25, 0.3) is 10.9 Å². The van der Waals surface area contributed by atoms with E-state index in [4.69, 9.17) is 4.74 Å². The number of hydrogen-bond donors (Lipinski definition) is 1. The zero-order valence-corrected chi connectivity index (χ0v) is 27.6. The number of nitrogens with one attached hydrogen (secondary N) is 1. The third-order valence-corrected chi connectivity index (χ3v) is 8.60. The summed E-state index contributed by atoms with van der Waals surface area (Å²) < 4.78 is 84.0. The van der Waals surface area contributed by atoms with E-state index in [0.717, 1.165) is 23.6 Å². The summed E-state index contributed by atoms with van der Waals surface area (Å²) in [6.07, 6.45) is 1.24. The molecule has 1 saturated heterocycles. The van der Waals surface area contributed by atoms with E-state index in [-0.39, 0.29) is 29.3 Å². The molecule has 0 radical (unpaired) electrons. The number of nitrogens with zero attached hydrogens (tertiary/aromatic N) is 4. The Labute approximate surface area is 288 Å². The zero-order chi connectivity index (χ0) is 36.4. The van der Waals surface area contributed by atoms with Crippen molar-refractivity contribution in [3.63, 3.8) is 0 Å². The lowest BCUT2D eigenvalue weighted by Crippen LogP contribution is -2.53. The summed E-state index contributed by atoms with van der Waals surface area (Å²) in [5.41, 5.74) is 1.47. The van der Waals surface area contributed by atoms with Crippen LogP contribution in [0.2, 0.25) is 0 Å². The third kappa shape index (κ3) is 7.57. The van der Waals surface area contributed by atoms with E-state index in [0.29, 0.717) is 43.7 Å². The normalized spacial score (nSPS) is 14.9. The Morgan fingerprint density at radius 2 is 1.71 bits per heavy atom. The SMILES string of the molecule is COc1c(F)cc(C(=O)Nc2ccc(Oc3ccc4cc(C(=O)N5CCN(Cc6ccc(OC(F)F)cc6)C(C)C5)n(C)c4c3)nc2)c(F)c1F. The Kier molecular flexibility index (Phi) is 10.1. The van der Waals surface area contributed by atoms with Crippen LogP contribution in [0.15, 0.2) is 72.9 Å². The van der Waals surface area contributed by atoms with Crippen molar-refractivity contribution in [3.8, 4) is 23.1 Å². The molecule has 1 atom stereocenters. The number of aromatic nitrogens is 2. The highest BCUT2D eigenvalue weighted by Crippen LogP contribution is 2.30. The predicted octanol–water partition coefficient (Wildman–Crippen LogP) is 6.99. The summed E-state index contributed by atoms with van der Waals surface area (Å²) in [6, 6.07) is 17.1. The van der Waals surface area contributed by atoms with Gasteiger partial charge >= 0.3 is 6.61 Å². The van der Waals surface area contributed by atoms with Gasteiger partial charge in [0, 0.05) is 56.8 Å². The topological polar surface area (TPSA) is 98.2 Å². The highest BCUT2D eigenvalue weighted by atomic mass is 19.3. The van der Waals surface area contributed by atoms with Gasteiger partial charge in [0.1, 0.15) is 17.2 Å². The number of pyridine rings is 1. The van der Waals surface area contributed by atoms with Crippen molar-refractivity contribution in [2.24, 2.45) is 7.05 Å². The first-order chi connectivity index (χ1) is 24.4. The molecular weight excluding hydrogens is 677 g/mol. The molecule has 51 heavy (non-hydrogen) atoms. The lowest BCUT2D eigenvalue weighted by molar-refractivity contribution is -0.0498. The van der Waals surface area contributed by atoms with E-state index in [1.807, 2.05) is 24.0 Å². The fourth-order valence-electron chi connectivity index (χ4n) is 5.93. The molecule has 1 unspecified atom stereocenters. The molecule has 10 nitrogen and oxygen atoms in total. The second-order valence-corrected chi connectivity index (χ2v) is 11.9. The number of halogens is 5. The summed E-state index contributed by atoms with van der Waals surface area (Å²) in [7, 11) is 2.77. The fraction of sp³-hybridized carbons (Fsp3) is 0.250. The molecule has 1 N–H and O–H groups in total. The first-order valence-corrected chi connectivity index (χ1v) is 15.7. The van der Waals surface area contributed by atoms with Crippen LogP contribution in [-0.4, -0.2) is 70.6 Å². The number of piperazine rings is 1. The number of anilines is 1. The Morgan fingerprint density at radius 1 is 0.961 bits per heavy atom. The van der Waals surface area contributed by atoms with Gasteiger partial charge < -0.3 is 29.0 Å². The summed E-state index contributed by atoms with van der Waals surface area (Å²) in [4.78, 5) is 34.4. The Balaban J connectivity index is 1.07. The average molecular weight is 710 g/mol. The number of benzene rings is 3. The lowest BCUT2D eigenvalue weighted by atomic mass is 10.1. The van der Waals surface area contributed by atoms with Gasteiger partial charge in [0.2, 0.25) is 11.7 Å². The second-order valence-electron chi connectivity index (χ2n) is 11.9. The molecule has 3 aromatic carbocycles. The van der Waals surface area contributed by atoms with Crippen molar-refractivity contribution in [1.82, 2.24) is 19.4 Å². The van der Waals surface area contributed by atoms with Crippen LogP contribution in [0.5, 0.6) is 23.1 Å². The standard InChI is InChI=1S/C36H32F5N5O5/c1-20-18-46(13-12-45(20)19-21-4-8-24(9-5-21)51-36(40)41)35(48)29-14-22-6-10-25(15-28(22)44(29)2)50-30-11-7-23(17-42-30)43-34(47)26-16-27(37)33(49-3)32(39)31(26)38/h4-11,14-17,20,36H,12-13,18-19H2,1-3H3,(H,43,47). The number of rotatable bonds is 10. The molecule has 266 valence electrons. The van der Waals surface area contributed by atoms with Gasteiger partial charge in [-0.25, -0.2) is 13.8 Å². The number of alkyl halides is 2.